The lowest BCUT2D eigenvalue weighted by atomic mass is 10.1. The van der Waals surface area contributed by atoms with E-state index in [9.17, 15) is 16.8 Å². The molecule has 1 aromatic rings. The van der Waals surface area contributed by atoms with Crippen molar-refractivity contribution in [2.75, 3.05) is 12.3 Å². The number of anilines is 1. The van der Waals surface area contributed by atoms with Gasteiger partial charge in [-0.15, -0.1) is 0 Å². The van der Waals surface area contributed by atoms with Crippen molar-refractivity contribution in [3.63, 3.8) is 0 Å². The van der Waals surface area contributed by atoms with Crippen LogP contribution in [0.3, 0.4) is 0 Å². The fraction of sp³-hybridized carbons (Fsp3) is 0.600. The monoisotopic (exact) mass is 378 g/mol. The van der Waals surface area contributed by atoms with Crippen LogP contribution in [-0.4, -0.2) is 27.9 Å². The van der Waals surface area contributed by atoms with E-state index in [0.29, 0.717) is 6.54 Å². The number of nitrogens with one attached hydrogen (secondary N) is 1. The van der Waals surface area contributed by atoms with Crippen LogP contribution in [0.25, 0.3) is 0 Å². The molecule has 4 N–H and O–H groups in total. The predicted octanol–water partition coefficient (Wildman–Crippen LogP) is 2.54. The SMILES string of the molecule is CCCCCCCCCNS(=O)(=O)c1ccc(S(=O)(=O)O)c(N)c1. The molecular weight excluding hydrogens is 352 g/mol. The molecule has 1 aromatic carbocycles. The van der Waals surface area contributed by atoms with Gasteiger partial charge in [-0.3, -0.25) is 4.55 Å². The van der Waals surface area contributed by atoms with Gasteiger partial charge in [0.05, 0.1) is 10.6 Å². The van der Waals surface area contributed by atoms with Gasteiger partial charge in [-0.05, 0) is 24.6 Å². The highest BCUT2D eigenvalue weighted by atomic mass is 32.2. The number of nitrogens with two attached hydrogens (primary N) is 1. The molecule has 0 saturated carbocycles. The third kappa shape index (κ3) is 6.76. The summed E-state index contributed by atoms with van der Waals surface area (Å²) in [5.74, 6) is 0. The minimum Gasteiger partial charge on any atom is -0.398 e. The van der Waals surface area contributed by atoms with Crippen LogP contribution in [0.4, 0.5) is 5.69 Å². The van der Waals surface area contributed by atoms with Crippen LogP contribution in [0.1, 0.15) is 51.9 Å². The molecule has 0 amide bonds. The van der Waals surface area contributed by atoms with Crippen LogP contribution >= 0.6 is 0 Å². The summed E-state index contributed by atoms with van der Waals surface area (Å²) in [4.78, 5) is -0.635. The predicted molar refractivity (Wildman–Crippen MR) is 93.9 cm³/mol. The fourth-order valence-corrected chi connectivity index (χ4v) is 4.01. The lowest BCUT2D eigenvalue weighted by Gasteiger charge is -2.09. The molecule has 24 heavy (non-hydrogen) atoms. The smallest absolute Gasteiger partial charge is 0.296 e. The van der Waals surface area contributed by atoms with Crippen LogP contribution in [-0.2, 0) is 20.1 Å². The highest BCUT2D eigenvalue weighted by molar-refractivity contribution is 7.89. The van der Waals surface area contributed by atoms with E-state index in [4.69, 9.17) is 10.3 Å². The number of rotatable bonds is 11. The van der Waals surface area contributed by atoms with Crippen LogP contribution in [0.2, 0.25) is 0 Å². The molecule has 0 heterocycles. The molecule has 1 rings (SSSR count). The molecule has 0 bridgehead atoms. The van der Waals surface area contributed by atoms with Gasteiger partial charge < -0.3 is 5.73 Å². The van der Waals surface area contributed by atoms with E-state index in [1.807, 2.05) is 0 Å². The van der Waals surface area contributed by atoms with Crippen LogP contribution < -0.4 is 10.5 Å². The van der Waals surface area contributed by atoms with Gasteiger partial charge in [0.2, 0.25) is 10.0 Å². The number of sulfonamides is 1. The molecule has 0 atom stereocenters. The Labute approximate surface area is 144 Å². The van der Waals surface area contributed by atoms with Crippen molar-refractivity contribution in [2.24, 2.45) is 0 Å². The second-order valence-corrected chi connectivity index (χ2v) is 8.85. The Morgan fingerprint density at radius 1 is 1.00 bits per heavy atom. The number of hydrogen-bond acceptors (Lipinski definition) is 5. The Kier molecular flexibility index (Phi) is 8.14. The summed E-state index contributed by atoms with van der Waals surface area (Å²) < 4.78 is 57.8. The zero-order valence-corrected chi connectivity index (χ0v) is 15.5. The molecule has 0 unspecified atom stereocenters. The van der Waals surface area contributed by atoms with Crippen molar-refractivity contribution in [1.82, 2.24) is 4.72 Å². The normalized spacial score (nSPS) is 12.4. The first-order valence-electron chi connectivity index (χ1n) is 8.05. The number of hydrogen-bond donors (Lipinski definition) is 3. The van der Waals surface area contributed by atoms with E-state index < -0.39 is 25.0 Å². The van der Waals surface area contributed by atoms with Crippen LogP contribution in [0.15, 0.2) is 28.0 Å². The van der Waals surface area contributed by atoms with Gasteiger partial charge in [0.1, 0.15) is 4.90 Å². The van der Waals surface area contributed by atoms with E-state index >= 15 is 0 Å². The first-order chi connectivity index (χ1) is 11.2. The maximum atomic E-state index is 12.1. The summed E-state index contributed by atoms with van der Waals surface area (Å²) in [6, 6.07) is 3.11. The maximum absolute atomic E-state index is 12.1. The molecule has 138 valence electrons. The molecule has 0 spiro atoms. The zero-order chi connectivity index (χ0) is 18.2. The quantitative estimate of drug-likeness (QED) is 0.308. The standard InChI is InChI=1S/C15H26N2O5S2/c1-2-3-4-5-6-7-8-11-17-23(18,19)13-9-10-15(14(16)12-13)24(20,21)22/h9-10,12,17H,2-8,11,16H2,1H3,(H,20,21,22). The lowest BCUT2D eigenvalue weighted by molar-refractivity contribution is 0.483. The van der Waals surface area contributed by atoms with Crippen molar-refractivity contribution in [2.45, 2.75) is 61.7 Å². The number of benzene rings is 1. The third-order valence-electron chi connectivity index (χ3n) is 3.64. The lowest BCUT2D eigenvalue weighted by Crippen LogP contribution is -2.25. The minimum absolute atomic E-state index is 0.129. The number of nitrogen functional groups attached to an aromatic ring is 1. The fourth-order valence-electron chi connectivity index (χ4n) is 2.30. The van der Waals surface area contributed by atoms with Gasteiger partial charge in [-0.2, -0.15) is 8.42 Å². The summed E-state index contributed by atoms with van der Waals surface area (Å²) >= 11 is 0. The zero-order valence-electron chi connectivity index (χ0n) is 13.9. The average Bonchev–Trinajstić information content (AvgIpc) is 2.48. The van der Waals surface area contributed by atoms with Gasteiger partial charge in [0, 0.05) is 6.54 Å². The Balaban J connectivity index is 2.53. The average molecular weight is 379 g/mol. The van der Waals surface area contributed by atoms with Crippen LogP contribution in [0, 0.1) is 0 Å². The summed E-state index contributed by atoms with van der Waals surface area (Å²) in [5.41, 5.74) is 5.20. The van der Waals surface area contributed by atoms with E-state index in [2.05, 4.69) is 11.6 Å². The van der Waals surface area contributed by atoms with E-state index in [1.54, 1.807) is 0 Å². The second-order valence-electron chi connectivity index (χ2n) is 5.69. The van der Waals surface area contributed by atoms with Crippen molar-refractivity contribution < 1.29 is 21.4 Å². The molecule has 0 aromatic heterocycles. The first-order valence-corrected chi connectivity index (χ1v) is 11.0. The van der Waals surface area contributed by atoms with Crippen LogP contribution in [0.5, 0.6) is 0 Å². The minimum atomic E-state index is -4.47. The Bertz CT molecular complexity index is 730. The molecule has 0 aliphatic rings. The second kappa shape index (κ2) is 9.36. The highest BCUT2D eigenvalue weighted by Crippen LogP contribution is 2.22. The van der Waals surface area contributed by atoms with E-state index in [0.717, 1.165) is 43.9 Å². The summed E-state index contributed by atoms with van der Waals surface area (Å²) in [7, 11) is -8.22. The van der Waals surface area contributed by atoms with Crippen molar-refractivity contribution >= 4 is 25.8 Å². The van der Waals surface area contributed by atoms with E-state index in [-0.39, 0.29) is 10.6 Å². The van der Waals surface area contributed by atoms with Gasteiger partial charge in [0.15, 0.2) is 0 Å². The van der Waals surface area contributed by atoms with Gasteiger partial charge in [-0.25, -0.2) is 13.1 Å². The molecule has 0 fully saturated rings. The molecule has 0 aliphatic carbocycles. The Morgan fingerprint density at radius 3 is 2.12 bits per heavy atom. The highest BCUT2D eigenvalue weighted by Gasteiger charge is 2.19. The molecule has 0 saturated heterocycles. The summed E-state index contributed by atoms with van der Waals surface area (Å²) in [6.07, 6.45) is 7.57. The largest absolute Gasteiger partial charge is 0.398 e. The Hall–Kier alpha value is -1.16. The van der Waals surface area contributed by atoms with Crippen molar-refractivity contribution in [3.05, 3.63) is 18.2 Å². The molecule has 0 aliphatic heterocycles. The van der Waals surface area contributed by atoms with E-state index in [1.165, 1.54) is 19.3 Å². The van der Waals surface area contributed by atoms with Gasteiger partial charge in [-0.1, -0.05) is 45.4 Å². The first kappa shape index (κ1) is 20.9. The summed E-state index contributed by atoms with van der Waals surface area (Å²) in [5, 5.41) is 0. The number of unbranched alkanes of at least 4 members (excludes halogenated alkanes) is 6. The molecule has 9 heteroatoms. The molecule has 7 nitrogen and oxygen atoms in total. The summed E-state index contributed by atoms with van der Waals surface area (Å²) in [6.45, 7) is 2.47. The third-order valence-corrected chi connectivity index (χ3v) is 6.03. The molecule has 0 radical (unpaired) electrons. The maximum Gasteiger partial charge on any atom is 0.296 e. The van der Waals surface area contributed by atoms with Gasteiger partial charge in [0.25, 0.3) is 10.1 Å². The molecular formula is C15H26N2O5S2. The van der Waals surface area contributed by atoms with Crippen molar-refractivity contribution in [1.29, 1.82) is 0 Å². The topological polar surface area (TPSA) is 127 Å². The van der Waals surface area contributed by atoms with Gasteiger partial charge >= 0.3 is 0 Å². The Morgan fingerprint density at radius 2 is 1.58 bits per heavy atom. The van der Waals surface area contributed by atoms with Crippen molar-refractivity contribution in [3.8, 4) is 0 Å².